The summed E-state index contributed by atoms with van der Waals surface area (Å²) < 4.78 is 17.8. The summed E-state index contributed by atoms with van der Waals surface area (Å²) in [6, 6.07) is 14.9. The summed E-state index contributed by atoms with van der Waals surface area (Å²) in [7, 11) is 0. The van der Waals surface area contributed by atoms with Gasteiger partial charge >= 0.3 is 17.9 Å². The van der Waals surface area contributed by atoms with Crippen LogP contribution in [-0.4, -0.2) is 88.3 Å². The van der Waals surface area contributed by atoms with Crippen LogP contribution >= 0.6 is 11.6 Å². The molecule has 2 aromatic carbocycles. The number of piperidine rings is 1. The van der Waals surface area contributed by atoms with Crippen molar-refractivity contribution in [2.75, 3.05) is 19.6 Å². The molecule has 4 aliphatic heterocycles. The van der Waals surface area contributed by atoms with Gasteiger partial charge in [0, 0.05) is 36.6 Å². The second kappa shape index (κ2) is 10.8. The molecule has 4 saturated heterocycles. The molecular formula is C35H37ClN2O9. The van der Waals surface area contributed by atoms with Crippen molar-refractivity contribution in [1.29, 1.82) is 0 Å². The number of benzene rings is 2. The number of carbonyl (C=O) groups is 5. The molecule has 2 amide bonds. The predicted octanol–water partition coefficient (Wildman–Crippen LogP) is 3.61. The Morgan fingerprint density at radius 1 is 0.979 bits per heavy atom. The summed E-state index contributed by atoms with van der Waals surface area (Å²) in [6.45, 7) is 6.38. The van der Waals surface area contributed by atoms with E-state index in [4.69, 9.17) is 25.8 Å². The lowest BCUT2D eigenvalue weighted by molar-refractivity contribution is -0.212. The van der Waals surface area contributed by atoms with Gasteiger partial charge in [0.1, 0.15) is 16.9 Å². The molecule has 1 N–H and O–H groups in total. The van der Waals surface area contributed by atoms with Gasteiger partial charge in [-0.2, -0.15) is 0 Å². The summed E-state index contributed by atoms with van der Waals surface area (Å²) >= 11 is 5.99. The summed E-state index contributed by atoms with van der Waals surface area (Å²) in [4.78, 5) is 71.4. The van der Waals surface area contributed by atoms with Gasteiger partial charge in [-0.05, 0) is 60.6 Å². The molecule has 1 saturated carbocycles. The van der Waals surface area contributed by atoms with E-state index in [0.717, 1.165) is 0 Å². The van der Waals surface area contributed by atoms with Crippen LogP contribution in [0.25, 0.3) is 0 Å². The number of hydrogen-bond donors (Lipinski definition) is 1. The lowest BCUT2D eigenvalue weighted by atomic mass is 9.52. The number of hydrogen-bond acceptors (Lipinski definition) is 9. The number of halogens is 1. The Bertz CT molecular complexity index is 1650. The summed E-state index contributed by atoms with van der Waals surface area (Å²) in [6.07, 6.45) is -3.43. The van der Waals surface area contributed by atoms with Crippen LogP contribution in [0.5, 0.6) is 0 Å². The normalized spacial score (nSPS) is 33.3. The molecule has 7 rings (SSSR count). The molecule has 0 unspecified atom stereocenters. The highest BCUT2D eigenvalue weighted by Gasteiger charge is 2.93. The minimum atomic E-state index is -1.83. The maximum absolute atomic E-state index is 14.6. The number of carbonyl (C=O) groups excluding carboxylic acids is 5. The van der Waals surface area contributed by atoms with E-state index >= 15 is 0 Å². The monoisotopic (exact) mass is 664 g/mol. The zero-order valence-corrected chi connectivity index (χ0v) is 27.2. The van der Waals surface area contributed by atoms with Crippen LogP contribution in [0.3, 0.4) is 0 Å². The zero-order chi connectivity index (χ0) is 33.5. The van der Waals surface area contributed by atoms with Gasteiger partial charge in [-0.1, -0.05) is 50.6 Å². The summed E-state index contributed by atoms with van der Waals surface area (Å²) in [5.74, 6) is -3.00. The Hall–Kier alpha value is -3.96. The van der Waals surface area contributed by atoms with Gasteiger partial charge in [0.05, 0.1) is 17.6 Å². The fourth-order valence-electron chi connectivity index (χ4n) is 8.90. The standard InChI is InChI=1S/C35H37ClN2O9/c1-32(2,3)34(44)17-24-33(18-25(39)45-24)31(43)47-30-35(33,34)26(46-29(42)22-7-5-4-6-8-22)28(41)38(30)19-20-13-15-37(16-14-20)27(40)21-9-11-23(36)12-10-21/h4-12,20,24,26,30,44H,13-19H2,1-3H3/t24-,26-,30-,33-,34+,35+/m0/s1. The van der Waals surface area contributed by atoms with Crippen molar-refractivity contribution in [2.24, 2.45) is 22.2 Å². The molecule has 4 heterocycles. The third-order valence-electron chi connectivity index (χ3n) is 11.2. The zero-order valence-electron chi connectivity index (χ0n) is 26.4. The molecular weight excluding hydrogens is 628 g/mol. The van der Waals surface area contributed by atoms with Crippen LogP contribution in [0.2, 0.25) is 5.02 Å². The van der Waals surface area contributed by atoms with Gasteiger partial charge in [-0.25, -0.2) is 4.79 Å². The number of nitrogens with zero attached hydrogens (tertiary/aromatic N) is 2. The smallest absolute Gasteiger partial charge is 0.338 e. The van der Waals surface area contributed by atoms with Crippen LogP contribution < -0.4 is 0 Å². The predicted molar refractivity (Wildman–Crippen MR) is 166 cm³/mol. The topological polar surface area (TPSA) is 140 Å². The number of esters is 3. The molecule has 2 spiro atoms. The van der Waals surface area contributed by atoms with Crippen molar-refractivity contribution in [3.05, 3.63) is 70.7 Å². The lowest BCUT2D eigenvalue weighted by Gasteiger charge is -2.51. The molecule has 0 aromatic heterocycles. The van der Waals surface area contributed by atoms with E-state index in [1.807, 2.05) is 0 Å². The fourth-order valence-corrected chi connectivity index (χ4v) is 9.03. The molecule has 248 valence electrons. The average molecular weight is 665 g/mol. The SMILES string of the molecule is CC(C)(C)[C@]1(O)C[C@@H]2OC(=O)C[C@@]23C(=O)O[C@@H]2N(CC4CCN(C(=O)c5ccc(Cl)cc5)CC4)C(=O)[C@H](OC(=O)c4ccccc4)[C@]213. The quantitative estimate of drug-likeness (QED) is 0.375. The van der Waals surface area contributed by atoms with Crippen molar-refractivity contribution < 1.29 is 43.3 Å². The van der Waals surface area contributed by atoms with Gasteiger partial charge in [-0.15, -0.1) is 0 Å². The average Bonchev–Trinajstić information content (AvgIpc) is 3.65. The van der Waals surface area contributed by atoms with Crippen molar-refractivity contribution in [3.63, 3.8) is 0 Å². The highest BCUT2D eigenvalue weighted by atomic mass is 35.5. The molecule has 12 heteroatoms. The molecule has 5 aliphatic rings. The van der Waals surface area contributed by atoms with Gasteiger partial charge in [0.2, 0.25) is 0 Å². The van der Waals surface area contributed by atoms with E-state index in [-0.39, 0.29) is 30.4 Å². The van der Waals surface area contributed by atoms with Crippen molar-refractivity contribution >= 4 is 41.3 Å². The first-order valence-corrected chi connectivity index (χ1v) is 16.4. The van der Waals surface area contributed by atoms with Crippen LogP contribution in [0.4, 0.5) is 0 Å². The van der Waals surface area contributed by atoms with E-state index in [0.29, 0.717) is 36.5 Å². The minimum Gasteiger partial charge on any atom is -0.461 e. The maximum Gasteiger partial charge on any atom is 0.338 e. The molecule has 11 nitrogen and oxygen atoms in total. The molecule has 2 aromatic rings. The van der Waals surface area contributed by atoms with Crippen molar-refractivity contribution in [2.45, 2.75) is 70.5 Å². The Morgan fingerprint density at radius 2 is 1.64 bits per heavy atom. The Labute approximate surface area is 277 Å². The van der Waals surface area contributed by atoms with Gasteiger partial charge < -0.3 is 29.1 Å². The second-order valence-corrected chi connectivity index (χ2v) is 14.9. The first-order chi connectivity index (χ1) is 22.2. The molecule has 1 aliphatic carbocycles. The first kappa shape index (κ1) is 31.6. The van der Waals surface area contributed by atoms with E-state index in [1.54, 1.807) is 80.3 Å². The molecule has 47 heavy (non-hydrogen) atoms. The number of ether oxygens (including phenoxy) is 3. The van der Waals surface area contributed by atoms with Crippen LogP contribution in [0.1, 0.15) is 67.2 Å². The van der Waals surface area contributed by atoms with Crippen molar-refractivity contribution in [1.82, 2.24) is 9.80 Å². The van der Waals surface area contributed by atoms with Gasteiger partial charge in [0.15, 0.2) is 12.3 Å². The largest absolute Gasteiger partial charge is 0.461 e. The number of rotatable bonds is 5. The number of likely N-dealkylation sites (tertiary alicyclic amines) is 2. The molecule has 0 bridgehead atoms. The van der Waals surface area contributed by atoms with Crippen molar-refractivity contribution in [3.8, 4) is 0 Å². The summed E-state index contributed by atoms with van der Waals surface area (Å²) in [5.41, 5.74) is -5.65. The highest BCUT2D eigenvalue weighted by molar-refractivity contribution is 6.30. The minimum absolute atomic E-state index is 0.0921. The Balaban J connectivity index is 1.24. The van der Waals surface area contributed by atoms with E-state index in [9.17, 15) is 29.1 Å². The maximum atomic E-state index is 14.6. The summed E-state index contributed by atoms with van der Waals surface area (Å²) in [5, 5.41) is 13.4. The van der Waals surface area contributed by atoms with Crippen LogP contribution in [0.15, 0.2) is 54.6 Å². The Kier molecular flexibility index (Phi) is 7.26. The Morgan fingerprint density at radius 3 is 2.28 bits per heavy atom. The highest BCUT2D eigenvalue weighted by Crippen LogP contribution is 2.76. The van der Waals surface area contributed by atoms with E-state index < -0.39 is 70.5 Å². The third kappa shape index (κ3) is 4.31. The van der Waals surface area contributed by atoms with E-state index in [1.165, 1.54) is 4.90 Å². The van der Waals surface area contributed by atoms with E-state index in [2.05, 4.69) is 0 Å². The number of aliphatic hydroxyl groups is 1. The van der Waals surface area contributed by atoms with Crippen LogP contribution in [-0.2, 0) is 28.6 Å². The van der Waals surface area contributed by atoms with Gasteiger partial charge in [-0.3, -0.25) is 19.2 Å². The molecule has 5 fully saturated rings. The molecule has 6 atom stereocenters. The van der Waals surface area contributed by atoms with Crippen LogP contribution in [0, 0.1) is 22.2 Å². The second-order valence-electron chi connectivity index (χ2n) is 14.5. The molecule has 0 radical (unpaired) electrons. The first-order valence-electron chi connectivity index (χ1n) is 16.0. The number of amides is 2. The fraction of sp³-hybridized carbons (Fsp3) is 0.514. The third-order valence-corrected chi connectivity index (χ3v) is 11.5. The van der Waals surface area contributed by atoms with Gasteiger partial charge in [0.25, 0.3) is 11.8 Å². The lowest BCUT2D eigenvalue weighted by Crippen LogP contribution is -2.66.